The summed E-state index contributed by atoms with van der Waals surface area (Å²) in [6.07, 6.45) is -0.148. The van der Waals surface area contributed by atoms with Gasteiger partial charge in [-0.15, -0.1) is 0 Å². The fourth-order valence-electron chi connectivity index (χ4n) is 3.42. The van der Waals surface area contributed by atoms with E-state index in [9.17, 15) is 19.7 Å². The first-order chi connectivity index (χ1) is 14.8. The van der Waals surface area contributed by atoms with Gasteiger partial charge >= 0.3 is 5.97 Å². The molecular weight excluding hydrogens is 436 g/mol. The average Bonchev–Trinajstić information content (AvgIpc) is 3.13. The standard InChI is InChI=1S/C21H32N2O8Si/c1-21(2,3)32(7,8)31-15-9-10-22(18(15)20(25)30-6)19(24)13-11-16(28-4)17(29-5)12-14(13)23(26)27/h11-12,15,18H,9-10H2,1-8H3/t15-,18-/m0/s1. The predicted octanol–water partition coefficient (Wildman–Crippen LogP) is 3.39. The summed E-state index contributed by atoms with van der Waals surface area (Å²) in [4.78, 5) is 38.4. The van der Waals surface area contributed by atoms with Crippen LogP contribution in [0.15, 0.2) is 12.1 Å². The van der Waals surface area contributed by atoms with Gasteiger partial charge < -0.3 is 23.5 Å². The fraction of sp³-hybridized carbons (Fsp3) is 0.619. The van der Waals surface area contributed by atoms with Gasteiger partial charge in [0.2, 0.25) is 0 Å². The number of amides is 1. The first kappa shape index (κ1) is 25.6. The summed E-state index contributed by atoms with van der Waals surface area (Å²) in [7, 11) is 1.70. The molecule has 32 heavy (non-hydrogen) atoms. The Morgan fingerprint density at radius 3 is 2.16 bits per heavy atom. The minimum absolute atomic E-state index is 0.104. The Kier molecular flexibility index (Phi) is 7.56. The number of ether oxygens (including phenoxy) is 3. The van der Waals surface area contributed by atoms with Gasteiger partial charge in [0.15, 0.2) is 25.9 Å². The molecule has 1 aliphatic rings. The lowest BCUT2D eigenvalue weighted by Crippen LogP contribution is -2.51. The van der Waals surface area contributed by atoms with Crippen LogP contribution in [-0.2, 0) is 14.0 Å². The molecule has 2 rings (SSSR count). The highest BCUT2D eigenvalue weighted by Crippen LogP contribution is 2.40. The minimum atomic E-state index is -2.26. The molecule has 1 saturated heterocycles. The molecule has 178 valence electrons. The number of esters is 1. The Morgan fingerprint density at radius 1 is 1.12 bits per heavy atom. The fourth-order valence-corrected chi connectivity index (χ4v) is 4.77. The number of benzene rings is 1. The molecule has 11 heteroatoms. The van der Waals surface area contributed by atoms with Crippen LogP contribution in [-0.4, -0.2) is 70.0 Å². The maximum atomic E-state index is 13.5. The highest BCUT2D eigenvalue weighted by atomic mass is 28.4. The quantitative estimate of drug-likeness (QED) is 0.259. The molecule has 0 radical (unpaired) electrons. The van der Waals surface area contributed by atoms with Crippen molar-refractivity contribution < 1.29 is 33.1 Å². The maximum Gasteiger partial charge on any atom is 0.331 e. The van der Waals surface area contributed by atoms with Crippen molar-refractivity contribution in [3.8, 4) is 11.5 Å². The van der Waals surface area contributed by atoms with Crippen molar-refractivity contribution in [1.29, 1.82) is 0 Å². The molecule has 0 aromatic heterocycles. The highest BCUT2D eigenvalue weighted by molar-refractivity contribution is 6.74. The van der Waals surface area contributed by atoms with Crippen molar-refractivity contribution in [2.75, 3.05) is 27.9 Å². The molecule has 1 aromatic carbocycles. The van der Waals surface area contributed by atoms with Gasteiger partial charge in [0.05, 0.1) is 38.4 Å². The van der Waals surface area contributed by atoms with Crippen molar-refractivity contribution in [2.24, 2.45) is 0 Å². The molecule has 0 bridgehead atoms. The topological polar surface area (TPSA) is 117 Å². The molecule has 0 aliphatic carbocycles. The highest BCUT2D eigenvalue weighted by Gasteiger charge is 2.49. The van der Waals surface area contributed by atoms with Gasteiger partial charge in [0.25, 0.3) is 11.6 Å². The lowest BCUT2D eigenvalue weighted by atomic mass is 10.1. The third kappa shape index (κ3) is 4.88. The summed E-state index contributed by atoms with van der Waals surface area (Å²) in [5.41, 5.74) is -0.639. The van der Waals surface area contributed by atoms with Crippen LogP contribution in [0.25, 0.3) is 0 Å². The number of carbonyl (C=O) groups excluding carboxylic acids is 2. The molecule has 1 aliphatic heterocycles. The summed E-state index contributed by atoms with van der Waals surface area (Å²) >= 11 is 0. The van der Waals surface area contributed by atoms with Crippen molar-refractivity contribution >= 4 is 25.9 Å². The van der Waals surface area contributed by atoms with Gasteiger partial charge in [0.1, 0.15) is 5.56 Å². The molecule has 1 aromatic rings. The summed E-state index contributed by atoms with van der Waals surface area (Å²) in [5, 5.41) is 11.6. The van der Waals surface area contributed by atoms with E-state index in [1.165, 1.54) is 32.3 Å². The number of hydrogen-bond donors (Lipinski definition) is 0. The maximum absolute atomic E-state index is 13.5. The van der Waals surface area contributed by atoms with E-state index in [0.29, 0.717) is 6.42 Å². The van der Waals surface area contributed by atoms with Crippen molar-refractivity contribution in [3.05, 3.63) is 27.8 Å². The lowest BCUT2D eigenvalue weighted by molar-refractivity contribution is -0.385. The van der Waals surface area contributed by atoms with Crippen molar-refractivity contribution in [1.82, 2.24) is 4.90 Å². The number of nitrogens with zero attached hydrogens (tertiary/aromatic N) is 2. The van der Waals surface area contributed by atoms with Crippen LogP contribution in [0.4, 0.5) is 5.69 Å². The van der Waals surface area contributed by atoms with E-state index in [1.54, 1.807) is 0 Å². The summed E-state index contributed by atoms with van der Waals surface area (Å²) in [6, 6.07) is 1.39. The predicted molar refractivity (Wildman–Crippen MR) is 120 cm³/mol. The number of likely N-dealkylation sites (tertiary alicyclic amines) is 1. The average molecular weight is 469 g/mol. The number of nitro benzene ring substituents is 1. The van der Waals surface area contributed by atoms with Crippen molar-refractivity contribution in [2.45, 2.75) is 57.5 Å². The van der Waals surface area contributed by atoms with Crippen LogP contribution in [0.5, 0.6) is 11.5 Å². The third-order valence-corrected chi connectivity index (χ3v) is 10.7. The minimum Gasteiger partial charge on any atom is -0.493 e. The Labute approximate surface area is 189 Å². The molecule has 2 atom stereocenters. The van der Waals surface area contributed by atoms with Gasteiger partial charge in [0, 0.05) is 12.6 Å². The zero-order valence-electron chi connectivity index (χ0n) is 19.9. The first-order valence-corrected chi connectivity index (χ1v) is 13.2. The molecule has 0 N–H and O–H groups in total. The summed E-state index contributed by atoms with van der Waals surface area (Å²) in [6.45, 7) is 10.6. The Bertz CT molecular complexity index is 897. The lowest BCUT2D eigenvalue weighted by Gasteiger charge is -2.39. The molecule has 1 fully saturated rings. The van der Waals surface area contributed by atoms with E-state index < -0.39 is 43.0 Å². The van der Waals surface area contributed by atoms with Crippen LogP contribution in [0.3, 0.4) is 0 Å². The van der Waals surface area contributed by atoms with Crippen molar-refractivity contribution in [3.63, 3.8) is 0 Å². The zero-order valence-corrected chi connectivity index (χ0v) is 20.9. The number of carbonyl (C=O) groups is 2. The zero-order chi connectivity index (χ0) is 24.4. The molecule has 0 spiro atoms. The first-order valence-electron chi connectivity index (χ1n) is 10.3. The number of hydrogen-bond acceptors (Lipinski definition) is 8. The second-order valence-corrected chi connectivity index (χ2v) is 13.9. The largest absolute Gasteiger partial charge is 0.493 e. The van der Waals surface area contributed by atoms with Crippen LogP contribution >= 0.6 is 0 Å². The van der Waals surface area contributed by atoms with Gasteiger partial charge in [-0.1, -0.05) is 20.8 Å². The van der Waals surface area contributed by atoms with Gasteiger partial charge in [-0.3, -0.25) is 14.9 Å². The summed E-state index contributed by atoms with van der Waals surface area (Å²) in [5.74, 6) is -0.998. The number of methoxy groups -OCH3 is 3. The SMILES string of the molecule is COC(=O)[C@@H]1[C@@H](O[Si](C)(C)C(C)(C)C)CCN1C(=O)c1cc(OC)c(OC)cc1[N+](=O)[O-]. The monoisotopic (exact) mass is 468 g/mol. The Hall–Kier alpha value is -2.66. The van der Waals surface area contributed by atoms with E-state index in [4.69, 9.17) is 18.6 Å². The second kappa shape index (κ2) is 9.45. The number of rotatable bonds is 7. The molecule has 0 saturated carbocycles. The smallest absolute Gasteiger partial charge is 0.331 e. The van der Waals surface area contributed by atoms with E-state index in [1.807, 2.05) is 0 Å². The second-order valence-electron chi connectivity index (χ2n) is 9.15. The molecule has 1 heterocycles. The van der Waals surface area contributed by atoms with Crippen LogP contribution < -0.4 is 9.47 Å². The summed E-state index contributed by atoms with van der Waals surface area (Å²) < 4.78 is 21.7. The van der Waals surface area contributed by atoms with Gasteiger partial charge in [-0.25, -0.2) is 4.79 Å². The van der Waals surface area contributed by atoms with E-state index in [0.717, 1.165) is 6.07 Å². The molecular formula is C21H32N2O8Si. The number of nitro groups is 1. The Morgan fingerprint density at radius 2 is 1.69 bits per heavy atom. The normalized spacial score (nSPS) is 18.9. The van der Waals surface area contributed by atoms with Crippen LogP contribution in [0.2, 0.25) is 18.1 Å². The van der Waals surface area contributed by atoms with Crippen LogP contribution in [0.1, 0.15) is 37.6 Å². The van der Waals surface area contributed by atoms with E-state index in [2.05, 4.69) is 33.9 Å². The third-order valence-electron chi connectivity index (χ3n) is 6.23. The Balaban J connectivity index is 2.49. The van der Waals surface area contributed by atoms with Gasteiger partial charge in [-0.2, -0.15) is 0 Å². The van der Waals surface area contributed by atoms with E-state index in [-0.39, 0.29) is 28.6 Å². The molecule has 0 unspecified atom stereocenters. The molecule has 10 nitrogen and oxygen atoms in total. The van der Waals surface area contributed by atoms with Crippen LogP contribution in [0, 0.1) is 10.1 Å². The van der Waals surface area contributed by atoms with E-state index >= 15 is 0 Å². The molecule has 1 amide bonds. The van der Waals surface area contributed by atoms with Gasteiger partial charge in [-0.05, 0) is 24.6 Å².